The molecule has 0 rings (SSSR count). The second-order valence-electron chi connectivity index (χ2n) is 28.0. The Bertz CT molecular complexity index is 1890. The summed E-state index contributed by atoms with van der Waals surface area (Å²) >= 11 is 0. The molecule has 0 aromatic carbocycles. The maximum atomic E-state index is 13.1. The van der Waals surface area contributed by atoms with Crippen LogP contribution in [0.2, 0.25) is 0 Å². The van der Waals surface area contributed by atoms with Crippen molar-refractivity contribution in [1.29, 1.82) is 0 Å². The van der Waals surface area contributed by atoms with E-state index in [1.54, 1.807) is 6.08 Å². The number of aliphatic hydroxyl groups is 1. The van der Waals surface area contributed by atoms with Crippen LogP contribution in [0.5, 0.6) is 0 Å². The highest BCUT2D eigenvalue weighted by molar-refractivity contribution is 7.45. The predicted molar refractivity (Wildman–Crippen MR) is 408 cm³/mol. The second kappa shape index (κ2) is 73.4. The molecule has 0 spiro atoms. The number of carbonyl (C=O) groups is 1. The number of hydrogen-bond donors (Lipinski definition) is 2. The summed E-state index contributed by atoms with van der Waals surface area (Å²) in [6, 6.07) is -0.909. The van der Waals surface area contributed by atoms with Crippen LogP contribution in [0.3, 0.4) is 0 Å². The first-order chi connectivity index (χ1) is 45.5. The number of likely N-dealkylation sites (N-methyl/N-ethyl adjacent to an activating group) is 1. The lowest BCUT2D eigenvalue weighted by molar-refractivity contribution is -0.870. The second-order valence-corrected chi connectivity index (χ2v) is 29.4. The predicted octanol–water partition coefficient (Wildman–Crippen LogP) is 25.5. The molecule has 540 valence electrons. The highest BCUT2D eigenvalue weighted by Crippen LogP contribution is 2.38. The van der Waals surface area contributed by atoms with Crippen LogP contribution in [0.1, 0.15) is 367 Å². The van der Waals surface area contributed by atoms with Crippen LogP contribution in [-0.2, 0) is 18.4 Å². The number of nitrogens with zero attached hydrogens (tertiary/aromatic N) is 1. The van der Waals surface area contributed by atoms with Crippen molar-refractivity contribution in [3.05, 3.63) is 109 Å². The molecule has 2 N–H and O–H groups in total. The zero-order valence-corrected chi connectivity index (χ0v) is 62.8. The molecule has 3 unspecified atom stereocenters. The first-order valence-corrected chi connectivity index (χ1v) is 41.2. The van der Waals surface area contributed by atoms with Gasteiger partial charge in [-0.05, 0) is 89.9 Å². The average Bonchev–Trinajstić information content (AvgIpc) is 2.75. The van der Waals surface area contributed by atoms with Gasteiger partial charge >= 0.3 is 0 Å². The van der Waals surface area contributed by atoms with Crippen LogP contribution in [0.4, 0.5) is 0 Å². The number of nitrogens with one attached hydrogen (secondary N) is 1. The van der Waals surface area contributed by atoms with Crippen LogP contribution < -0.4 is 10.2 Å². The maximum Gasteiger partial charge on any atom is 0.268 e. The van der Waals surface area contributed by atoms with Crippen molar-refractivity contribution >= 4 is 13.7 Å². The minimum atomic E-state index is -4.62. The van der Waals surface area contributed by atoms with Crippen molar-refractivity contribution in [3.8, 4) is 0 Å². The van der Waals surface area contributed by atoms with Crippen molar-refractivity contribution in [2.24, 2.45) is 0 Å². The van der Waals surface area contributed by atoms with Crippen LogP contribution >= 0.6 is 7.82 Å². The van der Waals surface area contributed by atoms with E-state index in [9.17, 15) is 19.4 Å². The fourth-order valence-electron chi connectivity index (χ4n) is 11.6. The zero-order chi connectivity index (χ0) is 67.6. The smallest absolute Gasteiger partial charge is 0.268 e. The third kappa shape index (κ3) is 76.4. The zero-order valence-electron chi connectivity index (χ0n) is 61.9. The number of allylic oxidation sites excluding steroid dienone is 17. The van der Waals surface area contributed by atoms with Crippen molar-refractivity contribution in [1.82, 2.24) is 5.32 Å². The number of carbonyl (C=O) groups excluding carboxylic acids is 1. The Kier molecular flexibility index (Phi) is 71.2. The van der Waals surface area contributed by atoms with Crippen LogP contribution in [0.15, 0.2) is 109 Å². The molecular formula is C84H153N2O6P. The summed E-state index contributed by atoms with van der Waals surface area (Å²) in [5.74, 6) is -0.204. The van der Waals surface area contributed by atoms with E-state index in [4.69, 9.17) is 9.05 Å². The molecule has 0 aliphatic heterocycles. The molecule has 9 heteroatoms. The first kappa shape index (κ1) is 90.2. The number of amides is 1. The summed E-state index contributed by atoms with van der Waals surface area (Å²) in [7, 11) is 1.25. The fraction of sp³-hybridized carbons (Fsp3) is 0.774. The number of rotatable bonds is 73. The van der Waals surface area contributed by atoms with Gasteiger partial charge in [0, 0.05) is 6.42 Å². The molecule has 93 heavy (non-hydrogen) atoms. The lowest BCUT2D eigenvalue weighted by Crippen LogP contribution is -2.45. The van der Waals surface area contributed by atoms with Crippen LogP contribution in [0.25, 0.3) is 0 Å². The van der Waals surface area contributed by atoms with Gasteiger partial charge < -0.3 is 28.8 Å². The number of aliphatic hydroxyl groups excluding tert-OH is 1. The van der Waals surface area contributed by atoms with Crippen molar-refractivity contribution < 1.29 is 32.9 Å². The molecule has 0 radical (unpaired) electrons. The molecule has 0 saturated heterocycles. The van der Waals surface area contributed by atoms with E-state index in [-0.39, 0.29) is 12.5 Å². The normalized spacial score (nSPS) is 14.1. The van der Waals surface area contributed by atoms with E-state index in [1.165, 1.54) is 263 Å². The van der Waals surface area contributed by atoms with Gasteiger partial charge in [0.1, 0.15) is 13.2 Å². The van der Waals surface area contributed by atoms with Gasteiger partial charge in [0.25, 0.3) is 7.82 Å². The van der Waals surface area contributed by atoms with E-state index >= 15 is 0 Å². The SMILES string of the molecule is CC/C=C\C/C=C\C/C=C\C/C=C\C/C=C\C/C=C\C/C=C\CCCCCCCCCCCCCCCCCCCCCC(=O)NC(COP(=O)([O-])OCC[N+](C)(C)C)C(O)/C=C/CC/C=C/CCCCCCCCCCCCCCCCCCCCCCCCCC. The summed E-state index contributed by atoms with van der Waals surface area (Å²) < 4.78 is 23.5. The average molecular weight is 1320 g/mol. The Morgan fingerprint density at radius 3 is 1.00 bits per heavy atom. The van der Waals surface area contributed by atoms with Gasteiger partial charge in [-0.3, -0.25) is 9.36 Å². The quantitative estimate of drug-likeness (QED) is 0.0272. The lowest BCUT2D eigenvalue weighted by Gasteiger charge is -2.29. The summed E-state index contributed by atoms with van der Waals surface area (Å²) in [5.41, 5.74) is 0. The van der Waals surface area contributed by atoms with Crippen molar-refractivity contribution in [3.63, 3.8) is 0 Å². The van der Waals surface area contributed by atoms with Gasteiger partial charge in [0.2, 0.25) is 5.91 Å². The molecular weight excluding hydrogens is 1160 g/mol. The Hall–Kier alpha value is -2.84. The molecule has 3 atom stereocenters. The molecule has 0 aromatic heterocycles. The number of hydrogen-bond acceptors (Lipinski definition) is 6. The van der Waals surface area contributed by atoms with Gasteiger partial charge in [-0.15, -0.1) is 0 Å². The van der Waals surface area contributed by atoms with Crippen LogP contribution in [-0.4, -0.2) is 68.5 Å². The molecule has 0 aliphatic carbocycles. The minimum absolute atomic E-state index is 0.00804. The summed E-state index contributed by atoms with van der Waals surface area (Å²) in [5, 5.41) is 14.0. The minimum Gasteiger partial charge on any atom is -0.756 e. The van der Waals surface area contributed by atoms with E-state index in [0.717, 1.165) is 83.5 Å². The summed E-state index contributed by atoms with van der Waals surface area (Å²) in [6.07, 6.45) is 108. The van der Waals surface area contributed by atoms with Crippen molar-refractivity contribution in [2.75, 3.05) is 40.9 Å². The van der Waals surface area contributed by atoms with E-state index in [1.807, 2.05) is 27.2 Å². The largest absolute Gasteiger partial charge is 0.756 e. The number of phosphoric acid groups is 1. The Balaban J connectivity index is 4.01. The van der Waals surface area contributed by atoms with Gasteiger partial charge in [-0.25, -0.2) is 0 Å². The van der Waals surface area contributed by atoms with Gasteiger partial charge in [0.15, 0.2) is 0 Å². The molecule has 0 fully saturated rings. The Morgan fingerprint density at radius 1 is 0.387 bits per heavy atom. The number of unbranched alkanes of at least 4 members (excludes halogenated alkanes) is 44. The van der Waals surface area contributed by atoms with Gasteiger partial charge in [0.05, 0.1) is 39.9 Å². The molecule has 0 aromatic rings. The molecule has 1 amide bonds. The first-order valence-electron chi connectivity index (χ1n) is 39.7. The van der Waals surface area contributed by atoms with E-state index in [2.05, 4.69) is 116 Å². The summed E-state index contributed by atoms with van der Waals surface area (Å²) in [6.45, 7) is 4.56. The third-order valence-electron chi connectivity index (χ3n) is 17.7. The lowest BCUT2D eigenvalue weighted by atomic mass is 10.0. The molecule has 0 saturated carbocycles. The highest BCUT2D eigenvalue weighted by atomic mass is 31.2. The molecule has 0 heterocycles. The maximum absolute atomic E-state index is 13.1. The van der Waals surface area contributed by atoms with Gasteiger partial charge in [-0.1, -0.05) is 380 Å². The van der Waals surface area contributed by atoms with Crippen LogP contribution in [0, 0.1) is 0 Å². The third-order valence-corrected chi connectivity index (χ3v) is 18.7. The van der Waals surface area contributed by atoms with E-state index < -0.39 is 26.6 Å². The van der Waals surface area contributed by atoms with Gasteiger partial charge in [-0.2, -0.15) is 0 Å². The highest BCUT2D eigenvalue weighted by Gasteiger charge is 2.23. The monoisotopic (exact) mass is 1320 g/mol. The van der Waals surface area contributed by atoms with Crippen molar-refractivity contribution in [2.45, 2.75) is 379 Å². The Labute approximate surface area is 578 Å². The molecule has 8 nitrogen and oxygen atoms in total. The Morgan fingerprint density at radius 2 is 0.667 bits per heavy atom. The fourth-order valence-corrected chi connectivity index (χ4v) is 12.3. The molecule has 0 bridgehead atoms. The van der Waals surface area contributed by atoms with E-state index in [0.29, 0.717) is 17.4 Å². The number of phosphoric ester groups is 1. The molecule has 0 aliphatic rings. The summed E-state index contributed by atoms with van der Waals surface area (Å²) in [4.78, 5) is 25.7. The number of quaternary nitrogens is 1. The topological polar surface area (TPSA) is 108 Å². The standard InChI is InChI=1S/C84H153N2O6P/c1-6-8-10-12-14-16-18-20-22-24-26-28-30-32-34-36-38-39-40-41-42-43-44-45-46-47-48-50-52-54-56-58-60-62-64-66-68-70-72-74-76-78-84(88)85-82(81-92-93(89,90)91-80-79-86(3,4)5)83(87)77-75-73-71-69-67-65-63-61-59-57-55-53-51-49-37-35-33-31-29-27-25-23-21-19-17-15-13-11-9-7-2/h8,10,14,16,20,22,26,28,32,34,38-39,41-42,67,69,75,77,82-83,87H,6-7,9,11-13,15,17-19,21,23-25,27,29-31,33,35-37,40,43-66,68,70-74,76,78-81H2,1-5H3,(H-,85,88,89,90)/b10-8-,16-14-,22-20-,28-26-,34-32-,39-38-,42-41-,69-67+,77-75+.